The summed E-state index contributed by atoms with van der Waals surface area (Å²) in [6.45, 7) is 5.38. The molecule has 0 aromatic rings. The third-order valence-corrected chi connectivity index (χ3v) is 11.0. The highest BCUT2D eigenvalue weighted by atomic mass is 31.2. The number of quaternary nitrogens is 1. The summed E-state index contributed by atoms with van der Waals surface area (Å²) < 4.78 is 34.5. The minimum absolute atomic E-state index is 0.0275. The molecule has 2 unspecified atom stereocenters. The molecule has 0 saturated heterocycles. The van der Waals surface area contributed by atoms with Gasteiger partial charge in [0.25, 0.3) is 7.82 Å². The third-order valence-electron chi connectivity index (χ3n) is 10.0. The molecule has 0 spiro atoms. The van der Waals surface area contributed by atoms with E-state index in [-0.39, 0.29) is 25.8 Å². The van der Waals surface area contributed by atoms with Crippen LogP contribution in [-0.2, 0) is 27.9 Å². The van der Waals surface area contributed by atoms with E-state index in [1.165, 1.54) is 141 Å². The number of phosphoric ester groups is 1. The fourth-order valence-corrected chi connectivity index (χ4v) is 7.22. The molecule has 0 aliphatic rings. The molecule has 0 fully saturated rings. The zero-order valence-electron chi connectivity index (χ0n) is 36.4. The van der Waals surface area contributed by atoms with Gasteiger partial charge in [-0.05, 0) is 32.1 Å². The Labute approximate surface area is 335 Å². The van der Waals surface area contributed by atoms with Gasteiger partial charge in [0.15, 0.2) is 0 Å². The zero-order chi connectivity index (χ0) is 39.9. The maximum atomic E-state index is 12.6. The lowest BCUT2D eigenvalue weighted by Gasteiger charge is -2.28. The first-order valence-corrected chi connectivity index (χ1v) is 24.4. The van der Waals surface area contributed by atoms with Gasteiger partial charge in [-0.15, -0.1) is 0 Å². The predicted molar refractivity (Wildman–Crippen MR) is 227 cm³/mol. The molecule has 8 nitrogen and oxygen atoms in total. The van der Waals surface area contributed by atoms with Crippen LogP contribution in [0.25, 0.3) is 0 Å². The molecule has 2 atom stereocenters. The summed E-state index contributed by atoms with van der Waals surface area (Å²) in [6, 6.07) is 0. The normalized spacial score (nSPS) is 13.8. The molecule has 0 rings (SSSR count). The minimum atomic E-state index is -4.52. The van der Waals surface area contributed by atoms with Crippen molar-refractivity contribution < 1.29 is 37.3 Å². The molecule has 9 heteroatoms. The van der Waals surface area contributed by atoms with Crippen LogP contribution < -0.4 is 4.89 Å². The minimum Gasteiger partial charge on any atom is -0.756 e. The van der Waals surface area contributed by atoms with E-state index in [2.05, 4.69) is 26.0 Å². The second-order valence-electron chi connectivity index (χ2n) is 16.8. The largest absolute Gasteiger partial charge is 0.756 e. The van der Waals surface area contributed by atoms with Crippen LogP contribution in [0.5, 0.6) is 0 Å². The number of phosphoric acid groups is 1. The molecule has 0 aliphatic heterocycles. The molecule has 0 saturated carbocycles. The standard InChI is InChI=1S/C45H90NO7P/c1-6-8-10-12-14-16-18-19-20-21-22-23-24-25-26-27-28-29-31-33-35-37-40-50-42-44(43-52-54(48,49)51-41-39-46(3,4)5)53-45(47)38-36-34-32-30-17-15-13-11-9-7-2/h11,13,44H,6-10,12,14-43H2,1-5H3/b13-11-. The summed E-state index contributed by atoms with van der Waals surface area (Å²) in [5.74, 6) is -0.342. The quantitative estimate of drug-likeness (QED) is 0.0200. The van der Waals surface area contributed by atoms with Gasteiger partial charge in [0, 0.05) is 13.0 Å². The van der Waals surface area contributed by atoms with Gasteiger partial charge < -0.3 is 27.9 Å². The smallest absolute Gasteiger partial charge is 0.306 e. The Morgan fingerprint density at radius 2 is 1.00 bits per heavy atom. The van der Waals surface area contributed by atoms with E-state index < -0.39 is 13.9 Å². The maximum absolute atomic E-state index is 12.6. The molecule has 54 heavy (non-hydrogen) atoms. The van der Waals surface area contributed by atoms with E-state index in [1.807, 2.05) is 21.1 Å². The molecule has 0 heterocycles. The maximum Gasteiger partial charge on any atom is 0.306 e. The van der Waals surface area contributed by atoms with Crippen LogP contribution in [0.2, 0.25) is 0 Å². The third kappa shape index (κ3) is 42.4. The average Bonchev–Trinajstić information content (AvgIpc) is 3.12. The summed E-state index contributed by atoms with van der Waals surface area (Å²) in [5.41, 5.74) is 0. The summed E-state index contributed by atoms with van der Waals surface area (Å²) in [6.07, 6.45) is 42.4. The van der Waals surface area contributed by atoms with Gasteiger partial charge in [0.2, 0.25) is 0 Å². The van der Waals surface area contributed by atoms with E-state index in [4.69, 9.17) is 18.5 Å². The number of hydrogen-bond acceptors (Lipinski definition) is 7. The summed E-state index contributed by atoms with van der Waals surface area (Å²) in [7, 11) is 1.36. The lowest BCUT2D eigenvalue weighted by atomic mass is 10.0. The number of allylic oxidation sites excluding steroid dienone is 2. The number of hydrogen-bond donors (Lipinski definition) is 0. The van der Waals surface area contributed by atoms with Crippen LogP contribution in [0.3, 0.4) is 0 Å². The number of nitrogens with zero attached hydrogens (tertiary/aromatic N) is 1. The van der Waals surface area contributed by atoms with Crippen molar-refractivity contribution in [2.45, 2.75) is 219 Å². The molecular weight excluding hydrogens is 697 g/mol. The van der Waals surface area contributed by atoms with Crippen molar-refractivity contribution >= 4 is 13.8 Å². The van der Waals surface area contributed by atoms with E-state index in [9.17, 15) is 14.3 Å². The molecule has 0 aromatic carbocycles. The number of likely N-dealkylation sites (N-methyl/N-ethyl adjacent to an activating group) is 1. The van der Waals surface area contributed by atoms with Gasteiger partial charge >= 0.3 is 5.97 Å². The zero-order valence-corrected chi connectivity index (χ0v) is 37.3. The monoisotopic (exact) mass is 788 g/mol. The Morgan fingerprint density at radius 1 is 0.556 bits per heavy atom. The van der Waals surface area contributed by atoms with Crippen molar-refractivity contribution in [1.82, 2.24) is 0 Å². The van der Waals surface area contributed by atoms with Crippen molar-refractivity contribution in [2.24, 2.45) is 0 Å². The molecule has 0 aromatic heterocycles. The topological polar surface area (TPSA) is 94.1 Å². The predicted octanol–water partition coefficient (Wildman–Crippen LogP) is 12.8. The number of carbonyl (C=O) groups is 1. The molecule has 0 aliphatic carbocycles. The SMILES string of the molecule is CCC/C=C\CCCCCCCC(=O)OC(COCCCCCCCCCCCCCCCCCCCCCCCC)COP(=O)([O-])OCC[N+](C)(C)C. The van der Waals surface area contributed by atoms with Crippen molar-refractivity contribution in [3.8, 4) is 0 Å². The lowest BCUT2D eigenvalue weighted by molar-refractivity contribution is -0.870. The molecule has 0 amide bonds. The second kappa shape index (κ2) is 39.1. The van der Waals surface area contributed by atoms with Crippen LogP contribution in [0.1, 0.15) is 213 Å². The Bertz CT molecular complexity index is 879. The summed E-state index contributed by atoms with van der Waals surface area (Å²) in [4.78, 5) is 25.0. The summed E-state index contributed by atoms with van der Waals surface area (Å²) >= 11 is 0. The van der Waals surface area contributed by atoms with Crippen molar-refractivity contribution in [2.75, 3.05) is 54.1 Å². The summed E-state index contributed by atoms with van der Waals surface area (Å²) in [5, 5.41) is 0. The van der Waals surface area contributed by atoms with E-state index in [1.54, 1.807) is 0 Å². The number of carbonyl (C=O) groups excluding carboxylic acids is 1. The molecule has 0 radical (unpaired) electrons. The van der Waals surface area contributed by atoms with Crippen molar-refractivity contribution in [3.05, 3.63) is 12.2 Å². The second-order valence-corrected chi connectivity index (χ2v) is 18.2. The molecule has 0 bridgehead atoms. The highest BCUT2D eigenvalue weighted by Crippen LogP contribution is 2.38. The highest BCUT2D eigenvalue weighted by molar-refractivity contribution is 7.45. The first-order chi connectivity index (χ1) is 26.1. The lowest BCUT2D eigenvalue weighted by Crippen LogP contribution is -2.37. The Balaban J connectivity index is 4.04. The van der Waals surface area contributed by atoms with Gasteiger partial charge in [0.1, 0.15) is 19.3 Å². The van der Waals surface area contributed by atoms with Gasteiger partial charge in [-0.3, -0.25) is 9.36 Å². The molecule has 322 valence electrons. The van der Waals surface area contributed by atoms with E-state index in [0.29, 0.717) is 24.1 Å². The number of esters is 1. The highest BCUT2D eigenvalue weighted by Gasteiger charge is 2.20. The first kappa shape index (κ1) is 53.2. The molecule has 0 N–H and O–H groups in total. The van der Waals surface area contributed by atoms with Gasteiger partial charge in [-0.1, -0.05) is 187 Å². The van der Waals surface area contributed by atoms with Crippen LogP contribution in [0.4, 0.5) is 0 Å². The van der Waals surface area contributed by atoms with Crippen LogP contribution in [0.15, 0.2) is 12.2 Å². The van der Waals surface area contributed by atoms with Crippen LogP contribution >= 0.6 is 7.82 Å². The Kier molecular flexibility index (Phi) is 38.5. The van der Waals surface area contributed by atoms with E-state index in [0.717, 1.165) is 51.4 Å². The first-order valence-electron chi connectivity index (χ1n) is 22.9. The fraction of sp³-hybridized carbons (Fsp3) is 0.933. The van der Waals surface area contributed by atoms with Gasteiger partial charge in [-0.2, -0.15) is 0 Å². The fourth-order valence-electron chi connectivity index (χ4n) is 6.49. The number of ether oxygens (including phenoxy) is 2. The van der Waals surface area contributed by atoms with Crippen molar-refractivity contribution in [3.63, 3.8) is 0 Å². The van der Waals surface area contributed by atoms with E-state index >= 15 is 0 Å². The van der Waals surface area contributed by atoms with Crippen LogP contribution in [-0.4, -0.2) is 70.7 Å². The van der Waals surface area contributed by atoms with Gasteiger partial charge in [0.05, 0.1) is 34.4 Å². The number of unbranched alkanes of at least 4 members (excludes halogenated alkanes) is 27. The Morgan fingerprint density at radius 3 is 1.48 bits per heavy atom. The van der Waals surface area contributed by atoms with Crippen molar-refractivity contribution in [1.29, 1.82) is 0 Å². The Hall–Kier alpha value is -0.760. The average molecular weight is 788 g/mol. The van der Waals surface area contributed by atoms with Crippen LogP contribution in [0, 0.1) is 0 Å². The van der Waals surface area contributed by atoms with Gasteiger partial charge in [-0.25, -0.2) is 0 Å². The molecular formula is C45H90NO7P. The number of rotatable bonds is 43.